The monoisotopic (exact) mass is 321 g/mol. The summed E-state index contributed by atoms with van der Waals surface area (Å²) < 4.78 is 19.0. The highest BCUT2D eigenvalue weighted by atomic mass is 35.5. The molecule has 1 amide bonds. The van der Waals surface area contributed by atoms with Crippen molar-refractivity contribution in [3.8, 4) is 5.75 Å². The Labute approximate surface area is 134 Å². The number of rotatable bonds is 5. The van der Waals surface area contributed by atoms with Gasteiger partial charge in [0.2, 0.25) is 0 Å². The van der Waals surface area contributed by atoms with Gasteiger partial charge in [0.05, 0.1) is 0 Å². The molecule has 0 aliphatic carbocycles. The van der Waals surface area contributed by atoms with Gasteiger partial charge in [-0.1, -0.05) is 29.8 Å². The maximum atomic E-state index is 13.4. The Morgan fingerprint density at radius 2 is 2.09 bits per heavy atom. The van der Waals surface area contributed by atoms with Crippen molar-refractivity contribution in [3.63, 3.8) is 0 Å². The molecule has 2 aromatic rings. The number of hydrogen-bond acceptors (Lipinski definition) is 2. The van der Waals surface area contributed by atoms with E-state index in [1.807, 2.05) is 0 Å². The summed E-state index contributed by atoms with van der Waals surface area (Å²) in [6.07, 6.45) is -0.672. The zero-order valence-corrected chi connectivity index (χ0v) is 13.2. The predicted molar refractivity (Wildman–Crippen MR) is 84.5 cm³/mol. The molecule has 5 heteroatoms. The van der Waals surface area contributed by atoms with Crippen LogP contribution >= 0.6 is 11.6 Å². The first kappa shape index (κ1) is 16.3. The molecule has 1 N–H and O–H groups in total. The molecule has 0 aliphatic heterocycles. The average molecular weight is 322 g/mol. The van der Waals surface area contributed by atoms with Crippen LogP contribution in [0.2, 0.25) is 5.02 Å². The number of aryl methyl sites for hydroxylation is 1. The lowest BCUT2D eigenvalue weighted by Gasteiger charge is -2.15. The Balaban J connectivity index is 1.89. The van der Waals surface area contributed by atoms with Crippen molar-refractivity contribution in [1.82, 2.24) is 5.32 Å². The van der Waals surface area contributed by atoms with Crippen LogP contribution in [0.25, 0.3) is 0 Å². The maximum absolute atomic E-state index is 13.4. The topological polar surface area (TPSA) is 38.3 Å². The predicted octanol–water partition coefficient (Wildman–Crippen LogP) is 3.87. The summed E-state index contributed by atoms with van der Waals surface area (Å²) in [7, 11) is 0. The molecule has 1 unspecified atom stereocenters. The molecule has 0 spiro atoms. The highest BCUT2D eigenvalue weighted by molar-refractivity contribution is 6.30. The molecule has 1 atom stereocenters. The summed E-state index contributed by atoms with van der Waals surface area (Å²) in [6, 6.07) is 11.7. The number of ether oxygens (including phenoxy) is 1. The molecule has 0 saturated heterocycles. The van der Waals surface area contributed by atoms with Crippen LogP contribution in [0.4, 0.5) is 4.39 Å². The first-order chi connectivity index (χ1) is 10.5. The highest BCUT2D eigenvalue weighted by Gasteiger charge is 2.14. The van der Waals surface area contributed by atoms with Gasteiger partial charge in [-0.25, -0.2) is 4.39 Å². The number of carbonyl (C=O) groups is 1. The van der Waals surface area contributed by atoms with Crippen molar-refractivity contribution in [3.05, 3.63) is 64.4 Å². The molecule has 0 heterocycles. The van der Waals surface area contributed by atoms with Crippen LogP contribution in [0.1, 0.15) is 18.1 Å². The minimum atomic E-state index is -0.672. The number of hydrogen-bond donors (Lipinski definition) is 1. The van der Waals surface area contributed by atoms with Crippen molar-refractivity contribution in [1.29, 1.82) is 0 Å². The molecule has 0 aromatic heterocycles. The van der Waals surface area contributed by atoms with E-state index in [0.717, 1.165) is 0 Å². The van der Waals surface area contributed by atoms with Crippen LogP contribution in [-0.2, 0) is 11.3 Å². The SMILES string of the molecule is Cc1ccc(CNC(=O)C(C)Oc2cccc(Cl)c2)cc1F. The van der Waals surface area contributed by atoms with Crippen LogP contribution in [0.15, 0.2) is 42.5 Å². The summed E-state index contributed by atoms with van der Waals surface area (Å²) in [5.74, 6) is -0.0348. The Hall–Kier alpha value is -2.07. The van der Waals surface area contributed by atoms with Crippen molar-refractivity contribution in [2.75, 3.05) is 0 Å². The summed E-state index contributed by atoms with van der Waals surface area (Å²) in [4.78, 5) is 12.0. The molecule has 0 saturated carbocycles. The number of benzene rings is 2. The summed E-state index contributed by atoms with van der Waals surface area (Å²) in [5.41, 5.74) is 1.28. The molecule has 22 heavy (non-hydrogen) atoms. The second-order valence-electron chi connectivity index (χ2n) is 5.02. The summed E-state index contributed by atoms with van der Waals surface area (Å²) in [5, 5.41) is 3.26. The number of amides is 1. The van der Waals surface area contributed by atoms with Crippen molar-refractivity contribution in [2.45, 2.75) is 26.5 Å². The molecule has 3 nitrogen and oxygen atoms in total. The van der Waals surface area contributed by atoms with E-state index in [0.29, 0.717) is 21.9 Å². The van der Waals surface area contributed by atoms with E-state index in [-0.39, 0.29) is 18.3 Å². The van der Waals surface area contributed by atoms with Gasteiger partial charge in [-0.05, 0) is 49.2 Å². The van der Waals surface area contributed by atoms with E-state index in [2.05, 4.69) is 5.32 Å². The van der Waals surface area contributed by atoms with Gasteiger partial charge >= 0.3 is 0 Å². The zero-order valence-electron chi connectivity index (χ0n) is 12.4. The smallest absolute Gasteiger partial charge is 0.261 e. The molecular weight excluding hydrogens is 305 g/mol. The van der Waals surface area contributed by atoms with Crippen LogP contribution in [0.3, 0.4) is 0 Å². The van der Waals surface area contributed by atoms with Gasteiger partial charge in [-0.2, -0.15) is 0 Å². The molecular formula is C17H17ClFNO2. The van der Waals surface area contributed by atoms with E-state index >= 15 is 0 Å². The molecule has 2 rings (SSSR count). The summed E-state index contributed by atoms with van der Waals surface area (Å²) >= 11 is 5.86. The van der Waals surface area contributed by atoms with Gasteiger partial charge in [0.1, 0.15) is 11.6 Å². The minimum absolute atomic E-state index is 0.249. The molecule has 0 bridgehead atoms. The molecule has 116 valence electrons. The van der Waals surface area contributed by atoms with E-state index in [9.17, 15) is 9.18 Å². The van der Waals surface area contributed by atoms with Gasteiger partial charge in [0, 0.05) is 11.6 Å². The zero-order chi connectivity index (χ0) is 16.1. The standard InChI is InChI=1S/C17H17ClFNO2/c1-11-6-7-13(8-16(11)19)10-20-17(21)12(2)22-15-5-3-4-14(18)9-15/h3-9,12H,10H2,1-2H3,(H,20,21). The Morgan fingerprint density at radius 1 is 1.32 bits per heavy atom. The van der Waals surface area contributed by atoms with E-state index in [4.69, 9.17) is 16.3 Å². The van der Waals surface area contributed by atoms with Gasteiger partial charge in [0.25, 0.3) is 5.91 Å². The van der Waals surface area contributed by atoms with Crippen molar-refractivity contribution >= 4 is 17.5 Å². The molecule has 0 aliphatic rings. The number of nitrogens with one attached hydrogen (secondary N) is 1. The highest BCUT2D eigenvalue weighted by Crippen LogP contribution is 2.18. The van der Waals surface area contributed by atoms with Gasteiger partial charge in [0.15, 0.2) is 6.10 Å². The molecule has 2 aromatic carbocycles. The lowest BCUT2D eigenvalue weighted by atomic mass is 10.1. The lowest BCUT2D eigenvalue weighted by Crippen LogP contribution is -2.35. The Morgan fingerprint density at radius 3 is 2.77 bits per heavy atom. The van der Waals surface area contributed by atoms with Gasteiger partial charge in [-0.3, -0.25) is 4.79 Å². The fourth-order valence-corrected chi connectivity index (χ4v) is 2.06. The van der Waals surface area contributed by atoms with Gasteiger partial charge in [-0.15, -0.1) is 0 Å². The van der Waals surface area contributed by atoms with Crippen LogP contribution in [0.5, 0.6) is 5.75 Å². The first-order valence-electron chi connectivity index (χ1n) is 6.90. The Bertz CT molecular complexity index is 675. The second-order valence-corrected chi connectivity index (χ2v) is 5.46. The fraction of sp³-hybridized carbons (Fsp3) is 0.235. The van der Waals surface area contributed by atoms with Crippen LogP contribution in [-0.4, -0.2) is 12.0 Å². The quantitative estimate of drug-likeness (QED) is 0.907. The van der Waals surface area contributed by atoms with Crippen molar-refractivity contribution in [2.24, 2.45) is 0 Å². The van der Waals surface area contributed by atoms with Crippen molar-refractivity contribution < 1.29 is 13.9 Å². The average Bonchev–Trinajstić information content (AvgIpc) is 2.48. The normalized spacial score (nSPS) is 11.8. The lowest BCUT2D eigenvalue weighted by molar-refractivity contribution is -0.127. The number of halogens is 2. The van der Waals surface area contributed by atoms with E-state index in [1.54, 1.807) is 50.2 Å². The third kappa shape index (κ3) is 4.46. The van der Waals surface area contributed by atoms with E-state index < -0.39 is 6.10 Å². The Kier molecular flexibility index (Phi) is 5.39. The molecule has 0 radical (unpaired) electrons. The third-order valence-electron chi connectivity index (χ3n) is 3.18. The van der Waals surface area contributed by atoms with Crippen LogP contribution < -0.4 is 10.1 Å². The maximum Gasteiger partial charge on any atom is 0.261 e. The fourth-order valence-electron chi connectivity index (χ4n) is 1.88. The van der Waals surface area contributed by atoms with Gasteiger partial charge < -0.3 is 10.1 Å². The third-order valence-corrected chi connectivity index (χ3v) is 3.42. The summed E-state index contributed by atoms with van der Waals surface area (Å²) in [6.45, 7) is 3.59. The van der Waals surface area contributed by atoms with Crippen LogP contribution in [0, 0.1) is 12.7 Å². The van der Waals surface area contributed by atoms with E-state index in [1.165, 1.54) is 6.07 Å². The largest absolute Gasteiger partial charge is 0.481 e. The first-order valence-corrected chi connectivity index (χ1v) is 7.28. The number of carbonyl (C=O) groups excluding carboxylic acids is 1. The molecule has 0 fully saturated rings. The minimum Gasteiger partial charge on any atom is -0.481 e. The second kappa shape index (κ2) is 7.27.